The van der Waals surface area contributed by atoms with Crippen LogP contribution in [0.2, 0.25) is 0 Å². The number of benzene rings is 1. The Kier molecular flexibility index (Phi) is 3.84. The fourth-order valence-electron chi connectivity index (χ4n) is 1.67. The van der Waals surface area contributed by atoms with Gasteiger partial charge in [0.05, 0.1) is 17.3 Å². The molecule has 1 aromatic heterocycles. The SMILES string of the molecule is C[C@@](O)(CNc1ccc(C#N)cc1F)c1cccs1. The molecule has 2 rings (SSSR count). The summed E-state index contributed by atoms with van der Waals surface area (Å²) in [5.41, 5.74) is -0.516. The molecule has 0 spiro atoms. The van der Waals surface area contributed by atoms with Crippen LogP contribution in [0.15, 0.2) is 35.7 Å². The number of halogens is 1. The van der Waals surface area contributed by atoms with Crippen LogP contribution in [-0.4, -0.2) is 11.7 Å². The standard InChI is InChI=1S/C14H13FN2OS/c1-14(18,13-3-2-6-19-13)9-17-12-5-4-10(8-16)7-11(12)15/h2-7,17-18H,9H2,1H3/t14-/m1/s1. The average molecular weight is 276 g/mol. The first kappa shape index (κ1) is 13.5. The molecule has 0 saturated carbocycles. The van der Waals surface area contributed by atoms with Gasteiger partial charge in [-0.1, -0.05) is 6.07 Å². The van der Waals surface area contributed by atoms with Gasteiger partial charge in [-0.05, 0) is 36.6 Å². The van der Waals surface area contributed by atoms with Crippen molar-refractivity contribution >= 4 is 17.0 Å². The van der Waals surface area contributed by atoms with Crippen LogP contribution in [0, 0.1) is 17.1 Å². The highest BCUT2D eigenvalue weighted by molar-refractivity contribution is 7.10. The highest BCUT2D eigenvalue weighted by Crippen LogP contribution is 2.26. The van der Waals surface area contributed by atoms with Crippen LogP contribution in [0.1, 0.15) is 17.4 Å². The lowest BCUT2D eigenvalue weighted by molar-refractivity contribution is 0.0754. The quantitative estimate of drug-likeness (QED) is 0.902. The molecule has 98 valence electrons. The van der Waals surface area contributed by atoms with Gasteiger partial charge in [-0.25, -0.2) is 4.39 Å². The molecule has 0 saturated heterocycles. The summed E-state index contributed by atoms with van der Waals surface area (Å²) in [7, 11) is 0. The largest absolute Gasteiger partial charge is 0.383 e. The molecule has 5 heteroatoms. The molecule has 0 aliphatic carbocycles. The van der Waals surface area contributed by atoms with Crippen LogP contribution < -0.4 is 5.32 Å². The molecule has 1 atom stereocenters. The van der Waals surface area contributed by atoms with Gasteiger partial charge in [0.1, 0.15) is 11.4 Å². The molecule has 1 aromatic carbocycles. The third kappa shape index (κ3) is 3.11. The summed E-state index contributed by atoms with van der Waals surface area (Å²) >= 11 is 1.45. The van der Waals surface area contributed by atoms with Crippen molar-refractivity contribution in [3.8, 4) is 6.07 Å². The third-order valence-corrected chi connectivity index (χ3v) is 3.90. The van der Waals surface area contributed by atoms with Crippen molar-refractivity contribution in [1.82, 2.24) is 0 Å². The summed E-state index contributed by atoms with van der Waals surface area (Å²) < 4.78 is 13.7. The zero-order valence-corrected chi connectivity index (χ0v) is 11.2. The minimum atomic E-state index is -1.06. The van der Waals surface area contributed by atoms with Crippen molar-refractivity contribution in [3.63, 3.8) is 0 Å². The van der Waals surface area contributed by atoms with Gasteiger partial charge in [-0.3, -0.25) is 0 Å². The number of aliphatic hydroxyl groups is 1. The Morgan fingerprint density at radius 3 is 2.84 bits per heavy atom. The topological polar surface area (TPSA) is 56.0 Å². The van der Waals surface area contributed by atoms with E-state index in [2.05, 4.69) is 5.32 Å². The van der Waals surface area contributed by atoms with E-state index in [1.165, 1.54) is 29.5 Å². The predicted molar refractivity (Wildman–Crippen MR) is 73.5 cm³/mol. The smallest absolute Gasteiger partial charge is 0.147 e. The number of nitriles is 1. The summed E-state index contributed by atoms with van der Waals surface area (Å²) in [5, 5.41) is 23.7. The molecule has 19 heavy (non-hydrogen) atoms. The van der Waals surface area contributed by atoms with Crippen LogP contribution >= 0.6 is 11.3 Å². The molecule has 3 nitrogen and oxygen atoms in total. The Morgan fingerprint density at radius 2 is 2.26 bits per heavy atom. The van der Waals surface area contributed by atoms with Gasteiger partial charge < -0.3 is 10.4 Å². The normalized spacial score (nSPS) is 13.6. The van der Waals surface area contributed by atoms with Crippen molar-refractivity contribution in [2.24, 2.45) is 0 Å². The van der Waals surface area contributed by atoms with E-state index in [9.17, 15) is 9.50 Å². The number of rotatable bonds is 4. The van der Waals surface area contributed by atoms with E-state index >= 15 is 0 Å². The molecule has 0 bridgehead atoms. The highest BCUT2D eigenvalue weighted by atomic mass is 32.1. The second kappa shape index (κ2) is 5.39. The minimum Gasteiger partial charge on any atom is -0.383 e. The first-order valence-electron chi connectivity index (χ1n) is 5.73. The number of hydrogen-bond donors (Lipinski definition) is 2. The summed E-state index contributed by atoms with van der Waals surface area (Å²) in [6.45, 7) is 1.86. The number of thiophene rings is 1. The van der Waals surface area contributed by atoms with E-state index in [1.807, 2.05) is 23.6 Å². The maximum atomic E-state index is 13.7. The summed E-state index contributed by atoms with van der Waals surface area (Å²) in [6.07, 6.45) is 0. The molecule has 0 fully saturated rings. The van der Waals surface area contributed by atoms with Crippen LogP contribution in [0.5, 0.6) is 0 Å². The van der Waals surface area contributed by atoms with Gasteiger partial charge >= 0.3 is 0 Å². The number of anilines is 1. The van der Waals surface area contributed by atoms with Crippen LogP contribution in [-0.2, 0) is 5.60 Å². The third-order valence-electron chi connectivity index (χ3n) is 2.77. The van der Waals surface area contributed by atoms with Crippen molar-refractivity contribution in [2.75, 3.05) is 11.9 Å². The molecule has 0 amide bonds. The van der Waals surface area contributed by atoms with Gasteiger partial charge in [0.15, 0.2) is 0 Å². The first-order valence-corrected chi connectivity index (χ1v) is 6.61. The predicted octanol–water partition coefficient (Wildman–Crippen LogP) is 3.08. The van der Waals surface area contributed by atoms with Crippen molar-refractivity contribution < 1.29 is 9.50 Å². The second-order valence-electron chi connectivity index (χ2n) is 4.41. The molecule has 0 aliphatic heterocycles. The van der Waals surface area contributed by atoms with Crippen LogP contribution in [0.3, 0.4) is 0 Å². The van der Waals surface area contributed by atoms with Crippen molar-refractivity contribution in [1.29, 1.82) is 5.26 Å². The van der Waals surface area contributed by atoms with E-state index in [-0.39, 0.29) is 17.8 Å². The van der Waals surface area contributed by atoms with E-state index in [1.54, 1.807) is 6.92 Å². The monoisotopic (exact) mass is 276 g/mol. The zero-order valence-electron chi connectivity index (χ0n) is 10.4. The molecule has 0 radical (unpaired) electrons. The Labute approximate surface area is 114 Å². The number of hydrogen-bond acceptors (Lipinski definition) is 4. The first-order chi connectivity index (χ1) is 9.03. The van der Waals surface area contributed by atoms with Gasteiger partial charge in [0.25, 0.3) is 0 Å². The van der Waals surface area contributed by atoms with E-state index in [4.69, 9.17) is 5.26 Å². The lowest BCUT2D eigenvalue weighted by Crippen LogP contribution is -2.29. The number of nitrogens with zero attached hydrogens (tertiary/aromatic N) is 1. The zero-order chi connectivity index (χ0) is 13.9. The van der Waals surface area contributed by atoms with Crippen molar-refractivity contribution in [2.45, 2.75) is 12.5 Å². The lowest BCUT2D eigenvalue weighted by Gasteiger charge is -2.23. The van der Waals surface area contributed by atoms with Gasteiger partial charge in [0.2, 0.25) is 0 Å². The second-order valence-corrected chi connectivity index (χ2v) is 5.36. The van der Waals surface area contributed by atoms with Crippen LogP contribution in [0.25, 0.3) is 0 Å². The van der Waals surface area contributed by atoms with E-state index < -0.39 is 11.4 Å². The van der Waals surface area contributed by atoms with Gasteiger partial charge in [-0.15, -0.1) is 11.3 Å². The maximum Gasteiger partial charge on any atom is 0.147 e. The molecule has 1 heterocycles. The summed E-state index contributed by atoms with van der Waals surface area (Å²) in [4.78, 5) is 0.814. The summed E-state index contributed by atoms with van der Waals surface area (Å²) in [6, 6.07) is 9.77. The summed E-state index contributed by atoms with van der Waals surface area (Å²) in [5.74, 6) is -0.499. The molecular formula is C14H13FN2OS. The van der Waals surface area contributed by atoms with Gasteiger partial charge in [-0.2, -0.15) is 5.26 Å². The molecular weight excluding hydrogens is 263 g/mol. The molecule has 2 N–H and O–H groups in total. The Balaban J connectivity index is 2.09. The molecule has 0 unspecified atom stereocenters. The Bertz CT molecular complexity index is 602. The van der Waals surface area contributed by atoms with E-state index in [0.29, 0.717) is 0 Å². The highest BCUT2D eigenvalue weighted by Gasteiger charge is 2.24. The van der Waals surface area contributed by atoms with Crippen molar-refractivity contribution in [3.05, 3.63) is 52.0 Å². The van der Waals surface area contributed by atoms with E-state index in [0.717, 1.165) is 4.88 Å². The lowest BCUT2D eigenvalue weighted by atomic mass is 10.1. The maximum absolute atomic E-state index is 13.7. The number of nitrogens with one attached hydrogen (secondary N) is 1. The Hall–Kier alpha value is -1.90. The van der Waals surface area contributed by atoms with Crippen LogP contribution in [0.4, 0.5) is 10.1 Å². The average Bonchev–Trinajstić information content (AvgIpc) is 2.92. The molecule has 2 aromatic rings. The fourth-order valence-corrected chi connectivity index (χ4v) is 2.45. The minimum absolute atomic E-state index is 0.191. The Morgan fingerprint density at radius 1 is 1.47 bits per heavy atom. The fraction of sp³-hybridized carbons (Fsp3) is 0.214. The van der Waals surface area contributed by atoms with Gasteiger partial charge in [0, 0.05) is 11.4 Å². The molecule has 0 aliphatic rings.